The number of hydrogen-bond acceptors (Lipinski definition) is 4. The summed E-state index contributed by atoms with van der Waals surface area (Å²) in [6, 6.07) is 0.406. The van der Waals surface area contributed by atoms with Gasteiger partial charge in [0, 0.05) is 25.7 Å². The van der Waals surface area contributed by atoms with E-state index >= 15 is 0 Å². The van der Waals surface area contributed by atoms with Gasteiger partial charge in [-0.25, -0.2) is 0 Å². The number of hydrogen-bond donors (Lipinski definition) is 2. The molecule has 0 aromatic rings. The number of aliphatic carboxylic acids is 1. The Morgan fingerprint density at radius 3 is 2.42 bits per heavy atom. The third-order valence-corrected chi connectivity index (χ3v) is 4.00. The number of nitrogens with one attached hydrogen (secondary N) is 1. The van der Waals surface area contributed by atoms with Crippen molar-refractivity contribution in [3.63, 3.8) is 0 Å². The standard InChI is InChI=1S/C14H26N2O3/c1-10-8-16(9-11(2)19-10)7-6-14(3,13(17)18)15-12-4-5-12/h10-12,15H,4-9H2,1-3H3,(H,17,18). The molecule has 19 heavy (non-hydrogen) atoms. The number of morpholine rings is 1. The minimum Gasteiger partial charge on any atom is -0.480 e. The average Bonchev–Trinajstić information content (AvgIpc) is 3.09. The number of nitrogens with zero attached hydrogens (tertiary/aromatic N) is 1. The molecule has 0 radical (unpaired) electrons. The molecule has 0 spiro atoms. The molecule has 3 atom stereocenters. The molecule has 1 aliphatic carbocycles. The molecule has 2 fully saturated rings. The van der Waals surface area contributed by atoms with Gasteiger partial charge in [-0.1, -0.05) is 0 Å². The van der Waals surface area contributed by atoms with Crippen LogP contribution in [0.25, 0.3) is 0 Å². The summed E-state index contributed by atoms with van der Waals surface area (Å²) in [6.07, 6.45) is 3.31. The molecule has 110 valence electrons. The first-order chi connectivity index (χ1) is 8.89. The van der Waals surface area contributed by atoms with Crippen LogP contribution in [-0.4, -0.2) is 59.4 Å². The first-order valence-corrected chi connectivity index (χ1v) is 7.28. The van der Waals surface area contributed by atoms with E-state index in [-0.39, 0.29) is 12.2 Å². The van der Waals surface area contributed by atoms with Gasteiger partial charge in [-0.15, -0.1) is 0 Å². The third kappa shape index (κ3) is 4.16. The maximum absolute atomic E-state index is 11.5. The normalized spacial score (nSPS) is 31.9. The van der Waals surface area contributed by atoms with Gasteiger partial charge in [0.1, 0.15) is 5.54 Å². The second-order valence-electron chi connectivity index (χ2n) is 6.32. The van der Waals surface area contributed by atoms with Gasteiger partial charge in [0.05, 0.1) is 12.2 Å². The van der Waals surface area contributed by atoms with E-state index in [0.717, 1.165) is 32.5 Å². The molecule has 1 saturated heterocycles. The number of carboxylic acid groups (broad SMARTS) is 1. The number of ether oxygens (including phenoxy) is 1. The summed E-state index contributed by atoms with van der Waals surface area (Å²) in [5.74, 6) is -0.742. The van der Waals surface area contributed by atoms with E-state index in [0.29, 0.717) is 12.5 Å². The minimum atomic E-state index is -0.800. The molecule has 1 saturated carbocycles. The Bertz CT molecular complexity index is 323. The van der Waals surface area contributed by atoms with Crippen molar-refractivity contribution in [1.82, 2.24) is 10.2 Å². The number of rotatable bonds is 6. The number of carboxylic acids is 1. The van der Waals surface area contributed by atoms with E-state index < -0.39 is 11.5 Å². The zero-order valence-corrected chi connectivity index (χ0v) is 12.2. The molecule has 0 aromatic heterocycles. The van der Waals surface area contributed by atoms with E-state index in [2.05, 4.69) is 24.1 Å². The van der Waals surface area contributed by atoms with Gasteiger partial charge in [0.15, 0.2) is 0 Å². The monoisotopic (exact) mass is 270 g/mol. The Hall–Kier alpha value is -0.650. The summed E-state index contributed by atoms with van der Waals surface area (Å²) in [7, 11) is 0. The Kier molecular flexibility index (Phi) is 4.48. The second-order valence-corrected chi connectivity index (χ2v) is 6.32. The van der Waals surface area contributed by atoms with Crippen LogP contribution in [0.1, 0.15) is 40.0 Å². The highest BCUT2D eigenvalue weighted by Crippen LogP contribution is 2.25. The summed E-state index contributed by atoms with van der Waals surface area (Å²) in [5, 5.41) is 12.7. The van der Waals surface area contributed by atoms with Crippen molar-refractivity contribution in [2.24, 2.45) is 0 Å². The van der Waals surface area contributed by atoms with Crippen LogP contribution in [0.3, 0.4) is 0 Å². The summed E-state index contributed by atoms with van der Waals surface area (Å²) in [5.41, 5.74) is -0.800. The van der Waals surface area contributed by atoms with Crippen LogP contribution in [0.5, 0.6) is 0 Å². The molecule has 2 aliphatic rings. The lowest BCUT2D eigenvalue weighted by Gasteiger charge is -2.37. The molecule has 1 aliphatic heterocycles. The van der Waals surface area contributed by atoms with Crippen molar-refractivity contribution in [3.05, 3.63) is 0 Å². The van der Waals surface area contributed by atoms with Crippen LogP contribution >= 0.6 is 0 Å². The van der Waals surface area contributed by atoms with Crippen LogP contribution in [0.2, 0.25) is 0 Å². The summed E-state index contributed by atoms with van der Waals surface area (Å²) < 4.78 is 5.70. The van der Waals surface area contributed by atoms with Crippen LogP contribution < -0.4 is 5.32 Å². The zero-order chi connectivity index (χ0) is 14.0. The highest BCUT2D eigenvalue weighted by atomic mass is 16.5. The number of carbonyl (C=O) groups is 1. The molecule has 0 bridgehead atoms. The molecular formula is C14H26N2O3. The van der Waals surface area contributed by atoms with Crippen LogP contribution in [0, 0.1) is 0 Å². The minimum absolute atomic E-state index is 0.233. The molecule has 5 nitrogen and oxygen atoms in total. The van der Waals surface area contributed by atoms with Gasteiger partial charge in [-0.3, -0.25) is 15.0 Å². The quantitative estimate of drug-likeness (QED) is 0.756. The molecule has 3 unspecified atom stereocenters. The molecule has 2 N–H and O–H groups in total. The van der Waals surface area contributed by atoms with E-state index in [1.165, 1.54) is 0 Å². The van der Waals surface area contributed by atoms with Gasteiger partial charge in [0.2, 0.25) is 0 Å². The van der Waals surface area contributed by atoms with Crippen molar-refractivity contribution >= 4 is 5.97 Å². The first kappa shape index (κ1) is 14.8. The predicted octanol–water partition coefficient (Wildman–Crippen LogP) is 1.08. The van der Waals surface area contributed by atoms with E-state index in [1.807, 2.05) is 0 Å². The van der Waals surface area contributed by atoms with Crippen molar-refractivity contribution in [1.29, 1.82) is 0 Å². The highest BCUT2D eigenvalue weighted by molar-refractivity contribution is 5.78. The van der Waals surface area contributed by atoms with Gasteiger partial charge < -0.3 is 9.84 Å². The van der Waals surface area contributed by atoms with Gasteiger partial charge >= 0.3 is 5.97 Å². The highest BCUT2D eigenvalue weighted by Gasteiger charge is 2.38. The maximum atomic E-state index is 11.5. The average molecular weight is 270 g/mol. The summed E-state index contributed by atoms with van der Waals surface area (Å²) in [6.45, 7) is 8.54. The van der Waals surface area contributed by atoms with Crippen LogP contribution in [0.15, 0.2) is 0 Å². The first-order valence-electron chi connectivity index (χ1n) is 7.28. The Morgan fingerprint density at radius 1 is 1.37 bits per heavy atom. The molecule has 0 amide bonds. The zero-order valence-electron chi connectivity index (χ0n) is 12.2. The van der Waals surface area contributed by atoms with Gasteiger partial charge in [-0.05, 0) is 40.0 Å². The van der Waals surface area contributed by atoms with E-state index in [4.69, 9.17) is 4.74 Å². The Morgan fingerprint density at radius 2 is 1.95 bits per heavy atom. The second kappa shape index (κ2) is 5.77. The molecule has 5 heteroatoms. The Balaban J connectivity index is 1.85. The van der Waals surface area contributed by atoms with Crippen molar-refractivity contribution in [3.8, 4) is 0 Å². The lowest BCUT2D eigenvalue weighted by atomic mass is 9.97. The lowest BCUT2D eigenvalue weighted by molar-refractivity contribution is -0.145. The van der Waals surface area contributed by atoms with Gasteiger partial charge in [0.25, 0.3) is 0 Å². The fourth-order valence-electron chi connectivity index (χ4n) is 2.77. The maximum Gasteiger partial charge on any atom is 0.323 e. The van der Waals surface area contributed by atoms with Crippen molar-refractivity contribution in [2.45, 2.75) is 63.8 Å². The lowest BCUT2D eigenvalue weighted by Crippen LogP contribution is -2.54. The molecule has 1 heterocycles. The Labute approximate surface area is 115 Å². The molecular weight excluding hydrogens is 244 g/mol. The topological polar surface area (TPSA) is 61.8 Å². The summed E-state index contributed by atoms with van der Waals surface area (Å²) >= 11 is 0. The SMILES string of the molecule is CC1CN(CCC(C)(NC2CC2)C(=O)O)CC(C)O1. The fraction of sp³-hybridized carbons (Fsp3) is 0.929. The largest absolute Gasteiger partial charge is 0.480 e. The van der Waals surface area contributed by atoms with Gasteiger partial charge in [-0.2, -0.15) is 0 Å². The third-order valence-electron chi connectivity index (χ3n) is 4.00. The van der Waals surface area contributed by atoms with Crippen LogP contribution in [0.4, 0.5) is 0 Å². The van der Waals surface area contributed by atoms with E-state index in [1.54, 1.807) is 6.92 Å². The summed E-state index contributed by atoms with van der Waals surface area (Å²) in [4.78, 5) is 13.8. The van der Waals surface area contributed by atoms with Crippen molar-refractivity contribution in [2.75, 3.05) is 19.6 Å². The molecule has 0 aromatic carbocycles. The smallest absolute Gasteiger partial charge is 0.323 e. The molecule has 2 rings (SSSR count). The van der Waals surface area contributed by atoms with Crippen molar-refractivity contribution < 1.29 is 14.6 Å². The van der Waals surface area contributed by atoms with Crippen LogP contribution in [-0.2, 0) is 9.53 Å². The predicted molar refractivity (Wildman–Crippen MR) is 73.3 cm³/mol. The fourth-order valence-corrected chi connectivity index (χ4v) is 2.77. The van der Waals surface area contributed by atoms with E-state index in [9.17, 15) is 9.90 Å².